The van der Waals surface area contributed by atoms with Crippen molar-refractivity contribution in [3.63, 3.8) is 0 Å². The van der Waals surface area contributed by atoms with E-state index in [1.54, 1.807) is 0 Å². The number of hydrogen-bond acceptors (Lipinski definition) is 3. The van der Waals surface area contributed by atoms with Gasteiger partial charge in [0, 0.05) is 6.54 Å². The molecule has 0 aliphatic heterocycles. The number of nitrogens with two attached hydrogens (primary N) is 1. The van der Waals surface area contributed by atoms with Crippen molar-refractivity contribution in [3.05, 3.63) is 0 Å². The van der Waals surface area contributed by atoms with Gasteiger partial charge in [0.15, 0.2) is 0 Å². The second-order valence-corrected chi connectivity index (χ2v) is 5.00. The smallest absolute Gasteiger partial charge is 0.315 e. The number of carbonyl (C=O) groups is 3. The van der Waals surface area contributed by atoms with E-state index in [0.717, 1.165) is 25.7 Å². The minimum Gasteiger partial charge on any atom is -0.481 e. The van der Waals surface area contributed by atoms with Crippen molar-refractivity contribution in [1.29, 1.82) is 0 Å². The van der Waals surface area contributed by atoms with E-state index in [1.807, 2.05) is 0 Å². The van der Waals surface area contributed by atoms with Crippen LogP contribution in [0.25, 0.3) is 0 Å². The van der Waals surface area contributed by atoms with Crippen LogP contribution in [0.2, 0.25) is 0 Å². The third-order valence-corrected chi connectivity index (χ3v) is 3.52. The number of hydrogen-bond donors (Lipinski definition) is 4. The third-order valence-electron chi connectivity index (χ3n) is 3.52. The topological polar surface area (TPSA) is 122 Å². The average Bonchev–Trinajstić information content (AvgIpc) is 2.60. The summed E-state index contributed by atoms with van der Waals surface area (Å²) in [5, 5.41) is 14.2. The molecule has 0 unspecified atom stereocenters. The van der Waals surface area contributed by atoms with Crippen LogP contribution in [0.4, 0.5) is 4.79 Å². The van der Waals surface area contributed by atoms with E-state index in [1.165, 1.54) is 0 Å². The van der Waals surface area contributed by atoms with Crippen LogP contribution in [0.15, 0.2) is 0 Å². The van der Waals surface area contributed by atoms with Gasteiger partial charge >= 0.3 is 12.0 Å². The summed E-state index contributed by atoms with van der Waals surface area (Å²) in [4.78, 5) is 33.4. The summed E-state index contributed by atoms with van der Waals surface area (Å²) in [7, 11) is 0. The maximum absolute atomic E-state index is 11.5. The fraction of sp³-hybridized carbons (Fsp3) is 0.750. The van der Waals surface area contributed by atoms with Gasteiger partial charge in [0.05, 0.1) is 12.0 Å². The van der Waals surface area contributed by atoms with Crippen LogP contribution in [0.5, 0.6) is 0 Å². The zero-order valence-electron chi connectivity index (χ0n) is 10.9. The second-order valence-electron chi connectivity index (χ2n) is 5.00. The Balaban J connectivity index is 2.51. The maximum Gasteiger partial charge on any atom is 0.315 e. The molecule has 5 N–H and O–H groups in total. The van der Waals surface area contributed by atoms with Gasteiger partial charge in [-0.1, -0.05) is 25.7 Å². The Morgan fingerprint density at radius 1 is 1.05 bits per heavy atom. The lowest BCUT2D eigenvalue weighted by molar-refractivity contribution is -0.149. The molecule has 1 rings (SSSR count). The van der Waals surface area contributed by atoms with Crippen molar-refractivity contribution in [2.45, 2.75) is 38.5 Å². The first-order chi connectivity index (χ1) is 8.96. The van der Waals surface area contributed by atoms with Gasteiger partial charge in [-0.05, 0) is 12.8 Å². The third kappa shape index (κ3) is 4.76. The number of rotatable bonds is 5. The summed E-state index contributed by atoms with van der Waals surface area (Å²) in [6, 6.07) is -0.566. The van der Waals surface area contributed by atoms with E-state index in [9.17, 15) is 19.5 Å². The highest BCUT2D eigenvalue weighted by Crippen LogP contribution is 2.34. The first-order valence-corrected chi connectivity index (χ1v) is 6.50. The van der Waals surface area contributed by atoms with E-state index < -0.39 is 23.3 Å². The maximum atomic E-state index is 11.5. The van der Waals surface area contributed by atoms with Gasteiger partial charge in [0.25, 0.3) is 0 Å². The van der Waals surface area contributed by atoms with Crippen LogP contribution in [0.1, 0.15) is 38.5 Å². The predicted octanol–water partition coefficient (Wildman–Crippen LogP) is 0.196. The molecule has 0 bridgehead atoms. The Kier molecular flexibility index (Phi) is 5.59. The molecule has 0 heterocycles. The van der Waals surface area contributed by atoms with E-state index in [0.29, 0.717) is 12.8 Å². The normalized spacial score (nSPS) is 18.1. The minimum absolute atomic E-state index is 0.0763. The number of primary amides is 1. The fourth-order valence-electron chi connectivity index (χ4n) is 2.35. The number of carbonyl (C=O) groups excluding carboxylic acids is 2. The van der Waals surface area contributed by atoms with E-state index >= 15 is 0 Å². The van der Waals surface area contributed by atoms with Crippen LogP contribution in [-0.2, 0) is 9.59 Å². The van der Waals surface area contributed by atoms with Crippen LogP contribution >= 0.6 is 0 Å². The van der Waals surface area contributed by atoms with Crippen molar-refractivity contribution < 1.29 is 19.5 Å². The van der Waals surface area contributed by atoms with Crippen molar-refractivity contribution in [3.8, 4) is 0 Å². The molecule has 0 saturated heterocycles. The SMILES string of the molecule is NC(=O)CNC(=O)NCC1(C(=O)O)CCCCCC1. The Labute approximate surface area is 111 Å². The highest BCUT2D eigenvalue weighted by atomic mass is 16.4. The first kappa shape index (κ1) is 15.3. The van der Waals surface area contributed by atoms with Crippen molar-refractivity contribution in [2.24, 2.45) is 11.1 Å². The van der Waals surface area contributed by atoms with Crippen LogP contribution in [0, 0.1) is 5.41 Å². The molecule has 0 aromatic rings. The number of carboxylic acid groups (broad SMARTS) is 1. The van der Waals surface area contributed by atoms with Gasteiger partial charge in [0.1, 0.15) is 0 Å². The Morgan fingerprint density at radius 3 is 2.11 bits per heavy atom. The summed E-state index contributed by atoms with van der Waals surface area (Å²) in [6.07, 6.45) is 4.91. The van der Waals surface area contributed by atoms with Crippen LogP contribution in [0.3, 0.4) is 0 Å². The summed E-state index contributed by atoms with van der Waals surface area (Å²) in [6.45, 7) is -0.182. The van der Waals surface area contributed by atoms with Crippen molar-refractivity contribution in [2.75, 3.05) is 13.1 Å². The number of amides is 3. The standard InChI is InChI=1S/C12H21N3O4/c13-9(16)7-14-11(19)15-8-12(10(17)18)5-3-1-2-4-6-12/h1-8H2,(H2,13,16)(H,17,18)(H2,14,15,19). The summed E-state index contributed by atoms with van der Waals surface area (Å²) in [5.41, 5.74) is 4.01. The molecule has 1 aliphatic carbocycles. The van der Waals surface area contributed by atoms with E-state index in [2.05, 4.69) is 10.6 Å². The zero-order chi connectivity index (χ0) is 14.3. The number of aliphatic carboxylic acids is 1. The molecule has 3 amide bonds. The summed E-state index contributed by atoms with van der Waals surface area (Å²) >= 11 is 0. The van der Waals surface area contributed by atoms with Gasteiger partial charge in [-0.15, -0.1) is 0 Å². The molecule has 1 aliphatic rings. The number of carboxylic acids is 1. The highest BCUT2D eigenvalue weighted by molar-refractivity contribution is 5.83. The molecule has 0 spiro atoms. The zero-order valence-corrected chi connectivity index (χ0v) is 10.9. The second kappa shape index (κ2) is 6.96. The fourth-order valence-corrected chi connectivity index (χ4v) is 2.35. The van der Waals surface area contributed by atoms with E-state index in [-0.39, 0.29) is 13.1 Å². The molecule has 19 heavy (non-hydrogen) atoms. The Bertz CT molecular complexity index is 349. The number of nitrogens with one attached hydrogen (secondary N) is 2. The lowest BCUT2D eigenvalue weighted by Gasteiger charge is -2.28. The molecule has 1 fully saturated rings. The molecule has 7 heteroatoms. The molecular weight excluding hydrogens is 250 g/mol. The molecule has 0 aromatic heterocycles. The lowest BCUT2D eigenvalue weighted by atomic mass is 9.80. The molecule has 0 radical (unpaired) electrons. The molecular formula is C12H21N3O4. The van der Waals surface area contributed by atoms with Gasteiger partial charge in [-0.25, -0.2) is 4.79 Å². The van der Waals surface area contributed by atoms with Crippen molar-refractivity contribution in [1.82, 2.24) is 10.6 Å². The molecule has 108 valence electrons. The first-order valence-electron chi connectivity index (χ1n) is 6.50. The molecule has 1 saturated carbocycles. The largest absolute Gasteiger partial charge is 0.481 e. The van der Waals surface area contributed by atoms with Gasteiger partial charge < -0.3 is 21.5 Å². The lowest BCUT2D eigenvalue weighted by Crippen LogP contribution is -2.47. The van der Waals surface area contributed by atoms with Crippen LogP contribution < -0.4 is 16.4 Å². The monoisotopic (exact) mass is 271 g/mol. The Morgan fingerprint density at radius 2 is 1.63 bits per heavy atom. The summed E-state index contributed by atoms with van der Waals surface area (Å²) in [5.74, 6) is -1.51. The van der Waals surface area contributed by atoms with E-state index in [4.69, 9.17) is 5.73 Å². The quantitative estimate of drug-likeness (QED) is 0.533. The van der Waals surface area contributed by atoms with Gasteiger partial charge in [0.2, 0.25) is 5.91 Å². The minimum atomic E-state index is -0.888. The van der Waals surface area contributed by atoms with Gasteiger partial charge in [-0.3, -0.25) is 9.59 Å². The molecule has 7 nitrogen and oxygen atoms in total. The predicted molar refractivity (Wildman–Crippen MR) is 68.4 cm³/mol. The van der Waals surface area contributed by atoms with Crippen molar-refractivity contribution >= 4 is 17.9 Å². The Hall–Kier alpha value is -1.79. The average molecular weight is 271 g/mol. The molecule has 0 aromatic carbocycles. The summed E-state index contributed by atoms with van der Waals surface area (Å²) < 4.78 is 0. The molecule has 0 atom stereocenters. The van der Waals surface area contributed by atoms with Gasteiger partial charge in [-0.2, -0.15) is 0 Å². The van der Waals surface area contributed by atoms with Crippen LogP contribution in [-0.4, -0.2) is 36.1 Å². The highest BCUT2D eigenvalue weighted by Gasteiger charge is 2.38. The number of urea groups is 1.